The van der Waals surface area contributed by atoms with Crippen LogP contribution < -0.4 is 20.1 Å². The number of methoxy groups -OCH3 is 1. The second kappa shape index (κ2) is 9.28. The Bertz CT molecular complexity index is 932. The summed E-state index contributed by atoms with van der Waals surface area (Å²) in [6.07, 6.45) is 0. The van der Waals surface area contributed by atoms with Gasteiger partial charge in [-0.1, -0.05) is 11.6 Å². The van der Waals surface area contributed by atoms with E-state index >= 15 is 0 Å². The van der Waals surface area contributed by atoms with Crippen LogP contribution in [0.15, 0.2) is 48.5 Å². The molecule has 0 radical (unpaired) electrons. The Kier molecular flexibility index (Phi) is 6.55. The molecule has 0 atom stereocenters. The molecule has 7 heteroatoms. The van der Waals surface area contributed by atoms with E-state index in [9.17, 15) is 0 Å². The van der Waals surface area contributed by atoms with E-state index in [2.05, 4.69) is 20.6 Å². The fraction of sp³-hybridized carbons (Fsp3) is 0.238. The van der Waals surface area contributed by atoms with Gasteiger partial charge in [0, 0.05) is 22.5 Å². The van der Waals surface area contributed by atoms with Crippen LogP contribution in [-0.2, 0) is 0 Å². The Labute approximate surface area is 169 Å². The van der Waals surface area contributed by atoms with Crippen LogP contribution in [0.4, 0.5) is 17.5 Å². The zero-order valence-corrected chi connectivity index (χ0v) is 16.9. The van der Waals surface area contributed by atoms with E-state index in [-0.39, 0.29) is 0 Å². The van der Waals surface area contributed by atoms with E-state index in [4.69, 9.17) is 21.1 Å². The van der Waals surface area contributed by atoms with Gasteiger partial charge in [0.1, 0.15) is 23.9 Å². The number of hydrogen-bond donors (Lipinski definition) is 2. The summed E-state index contributed by atoms with van der Waals surface area (Å²) >= 11 is 6.01. The van der Waals surface area contributed by atoms with Crippen LogP contribution in [0.5, 0.6) is 11.5 Å². The Morgan fingerprint density at radius 3 is 2.43 bits per heavy atom. The van der Waals surface area contributed by atoms with Crippen molar-refractivity contribution in [2.75, 3.05) is 30.9 Å². The lowest BCUT2D eigenvalue weighted by molar-refractivity contribution is 0.331. The first-order valence-corrected chi connectivity index (χ1v) is 9.31. The number of nitrogens with one attached hydrogen (secondary N) is 2. The van der Waals surface area contributed by atoms with E-state index < -0.39 is 0 Å². The van der Waals surface area contributed by atoms with Crippen LogP contribution in [-0.4, -0.2) is 30.2 Å². The zero-order chi connectivity index (χ0) is 19.9. The smallest absolute Gasteiger partial charge is 0.229 e. The molecular weight excluding hydrogens is 376 g/mol. The van der Waals surface area contributed by atoms with Gasteiger partial charge in [0.15, 0.2) is 0 Å². The predicted molar refractivity (Wildman–Crippen MR) is 113 cm³/mol. The SMILES string of the molecule is COc1ccc(OCCNc2cc(C)nc(Nc3ccc(Cl)cc3C)n2)cc1. The molecule has 0 aliphatic carbocycles. The molecule has 0 unspecified atom stereocenters. The minimum Gasteiger partial charge on any atom is -0.497 e. The largest absolute Gasteiger partial charge is 0.497 e. The highest BCUT2D eigenvalue weighted by molar-refractivity contribution is 6.30. The molecule has 3 aromatic rings. The molecule has 2 aromatic carbocycles. The van der Waals surface area contributed by atoms with Gasteiger partial charge in [-0.05, 0) is 61.9 Å². The summed E-state index contributed by atoms with van der Waals surface area (Å²) in [4.78, 5) is 8.97. The fourth-order valence-electron chi connectivity index (χ4n) is 2.62. The Morgan fingerprint density at radius 2 is 1.71 bits per heavy atom. The average molecular weight is 399 g/mol. The summed E-state index contributed by atoms with van der Waals surface area (Å²) in [6.45, 7) is 5.04. The second-order valence-electron chi connectivity index (χ2n) is 6.25. The summed E-state index contributed by atoms with van der Waals surface area (Å²) in [5, 5.41) is 7.21. The number of aromatic nitrogens is 2. The summed E-state index contributed by atoms with van der Waals surface area (Å²) < 4.78 is 10.9. The van der Waals surface area contributed by atoms with Gasteiger partial charge in [0.05, 0.1) is 13.7 Å². The maximum atomic E-state index is 6.01. The van der Waals surface area contributed by atoms with Gasteiger partial charge >= 0.3 is 0 Å². The highest BCUT2D eigenvalue weighted by Crippen LogP contribution is 2.23. The molecule has 0 spiro atoms. The lowest BCUT2D eigenvalue weighted by Gasteiger charge is -2.12. The Hall–Kier alpha value is -2.99. The van der Waals surface area contributed by atoms with Crippen LogP contribution in [0.3, 0.4) is 0 Å². The summed E-state index contributed by atoms with van der Waals surface area (Å²) in [7, 11) is 1.64. The van der Waals surface area contributed by atoms with Gasteiger partial charge in [-0.3, -0.25) is 0 Å². The number of nitrogens with zero attached hydrogens (tertiary/aromatic N) is 2. The number of aryl methyl sites for hydroxylation is 2. The number of benzene rings is 2. The molecule has 0 aliphatic heterocycles. The lowest BCUT2D eigenvalue weighted by atomic mass is 10.2. The van der Waals surface area contributed by atoms with E-state index in [0.29, 0.717) is 24.1 Å². The molecule has 0 saturated heterocycles. The van der Waals surface area contributed by atoms with Crippen molar-refractivity contribution in [2.45, 2.75) is 13.8 Å². The standard InChI is InChI=1S/C21H23ClN4O2/c1-14-12-16(22)4-9-19(14)25-21-24-15(2)13-20(26-21)23-10-11-28-18-7-5-17(27-3)6-8-18/h4-9,12-13H,10-11H2,1-3H3,(H2,23,24,25,26). The number of halogens is 1. The number of hydrogen-bond acceptors (Lipinski definition) is 6. The topological polar surface area (TPSA) is 68.3 Å². The van der Waals surface area contributed by atoms with Gasteiger partial charge in [-0.15, -0.1) is 0 Å². The van der Waals surface area contributed by atoms with Crippen LogP contribution in [0.1, 0.15) is 11.3 Å². The molecule has 28 heavy (non-hydrogen) atoms. The summed E-state index contributed by atoms with van der Waals surface area (Å²) in [5.41, 5.74) is 2.81. The minimum atomic E-state index is 0.508. The van der Waals surface area contributed by atoms with E-state index in [1.54, 1.807) is 7.11 Å². The van der Waals surface area contributed by atoms with Crippen LogP contribution in [0.2, 0.25) is 5.02 Å². The Balaban J connectivity index is 1.56. The van der Waals surface area contributed by atoms with E-state index in [0.717, 1.165) is 34.3 Å². The molecule has 146 valence electrons. The van der Waals surface area contributed by atoms with Crippen molar-refractivity contribution < 1.29 is 9.47 Å². The molecule has 2 N–H and O–H groups in total. The van der Waals surface area contributed by atoms with Crippen LogP contribution in [0.25, 0.3) is 0 Å². The highest BCUT2D eigenvalue weighted by atomic mass is 35.5. The Morgan fingerprint density at radius 1 is 0.964 bits per heavy atom. The first-order valence-electron chi connectivity index (χ1n) is 8.93. The normalized spacial score (nSPS) is 10.4. The molecule has 1 heterocycles. The van der Waals surface area contributed by atoms with Crippen molar-refractivity contribution in [3.05, 3.63) is 64.8 Å². The third-order valence-electron chi connectivity index (χ3n) is 4.03. The number of rotatable bonds is 8. The molecule has 3 rings (SSSR count). The minimum absolute atomic E-state index is 0.508. The van der Waals surface area contributed by atoms with Gasteiger partial charge in [-0.25, -0.2) is 4.98 Å². The quantitative estimate of drug-likeness (QED) is 0.521. The third kappa shape index (κ3) is 5.50. The van der Waals surface area contributed by atoms with Gasteiger partial charge < -0.3 is 20.1 Å². The second-order valence-corrected chi connectivity index (χ2v) is 6.69. The zero-order valence-electron chi connectivity index (χ0n) is 16.1. The fourth-order valence-corrected chi connectivity index (χ4v) is 2.85. The first-order chi connectivity index (χ1) is 13.5. The molecule has 0 aliphatic rings. The number of anilines is 3. The van der Waals surface area contributed by atoms with E-state index in [1.165, 1.54) is 0 Å². The van der Waals surface area contributed by atoms with Gasteiger partial charge in [0.2, 0.25) is 5.95 Å². The van der Waals surface area contributed by atoms with Crippen molar-refractivity contribution in [3.8, 4) is 11.5 Å². The van der Waals surface area contributed by atoms with Crippen molar-refractivity contribution >= 4 is 29.1 Å². The monoisotopic (exact) mass is 398 g/mol. The van der Waals surface area contributed by atoms with Crippen LogP contribution >= 0.6 is 11.6 Å². The maximum Gasteiger partial charge on any atom is 0.229 e. The van der Waals surface area contributed by atoms with Crippen molar-refractivity contribution in [1.82, 2.24) is 9.97 Å². The molecule has 0 saturated carbocycles. The lowest BCUT2D eigenvalue weighted by Crippen LogP contribution is -2.13. The van der Waals surface area contributed by atoms with Crippen molar-refractivity contribution in [3.63, 3.8) is 0 Å². The molecule has 0 amide bonds. The van der Waals surface area contributed by atoms with E-state index in [1.807, 2.05) is 62.4 Å². The molecule has 1 aromatic heterocycles. The summed E-state index contributed by atoms with van der Waals surface area (Å²) in [6, 6.07) is 15.0. The third-order valence-corrected chi connectivity index (χ3v) is 4.26. The predicted octanol–water partition coefficient (Wildman–Crippen LogP) is 4.99. The number of ether oxygens (including phenoxy) is 2. The summed E-state index contributed by atoms with van der Waals surface area (Å²) in [5.74, 6) is 2.86. The first kappa shape index (κ1) is 19.8. The molecule has 0 bridgehead atoms. The van der Waals surface area contributed by atoms with Gasteiger partial charge in [-0.2, -0.15) is 4.98 Å². The molecule has 6 nitrogen and oxygen atoms in total. The highest BCUT2D eigenvalue weighted by Gasteiger charge is 2.05. The van der Waals surface area contributed by atoms with Crippen molar-refractivity contribution in [1.29, 1.82) is 0 Å². The van der Waals surface area contributed by atoms with Crippen molar-refractivity contribution in [2.24, 2.45) is 0 Å². The van der Waals surface area contributed by atoms with Gasteiger partial charge in [0.25, 0.3) is 0 Å². The van der Waals surface area contributed by atoms with Crippen LogP contribution in [0, 0.1) is 13.8 Å². The molecular formula is C21H23ClN4O2. The average Bonchev–Trinajstić information content (AvgIpc) is 2.67. The maximum absolute atomic E-state index is 6.01. The molecule has 0 fully saturated rings.